The number of carbonyl (C=O) groups excluding carboxylic acids is 2. The van der Waals surface area contributed by atoms with Gasteiger partial charge in [0.2, 0.25) is 0 Å². The van der Waals surface area contributed by atoms with Gasteiger partial charge in [-0.05, 0) is 12.1 Å². The standard InChI is InChI=1S/C9H6O4/c1-12-5-2-3-6-7(4-5)13-9(11)8(6)10/h2-4H,1H3. The lowest BCUT2D eigenvalue weighted by Crippen LogP contribution is -2.10. The molecule has 0 unspecified atom stereocenters. The van der Waals surface area contributed by atoms with Crippen molar-refractivity contribution < 1.29 is 19.1 Å². The van der Waals surface area contributed by atoms with Crippen LogP contribution in [-0.2, 0) is 4.79 Å². The van der Waals surface area contributed by atoms with Crippen LogP contribution in [-0.4, -0.2) is 18.9 Å². The second-order valence-corrected chi connectivity index (χ2v) is 2.58. The Labute approximate surface area is 74.1 Å². The predicted octanol–water partition coefficient (Wildman–Crippen LogP) is 0.797. The Bertz CT molecular complexity index is 395. The fourth-order valence-electron chi connectivity index (χ4n) is 1.16. The van der Waals surface area contributed by atoms with Crippen LogP contribution in [0, 0.1) is 0 Å². The van der Waals surface area contributed by atoms with Crippen LogP contribution in [0.3, 0.4) is 0 Å². The average molecular weight is 178 g/mol. The van der Waals surface area contributed by atoms with E-state index in [0.29, 0.717) is 11.3 Å². The minimum Gasteiger partial charge on any atom is -0.497 e. The highest BCUT2D eigenvalue weighted by atomic mass is 16.5. The number of rotatable bonds is 1. The Morgan fingerprint density at radius 2 is 2.08 bits per heavy atom. The van der Waals surface area contributed by atoms with E-state index < -0.39 is 11.8 Å². The van der Waals surface area contributed by atoms with Gasteiger partial charge in [-0.15, -0.1) is 0 Å². The molecule has 0 aliphatic carbocycles. The highest BCUT2D eigenvalue weighted by Crippen LogP contribution is 2.29. The number of hydrogen-bond donors (Lipinski definition) is 0. The lowest BCUT2D eigenvalue weighted by atomic mass is 10.1. The first-order valence-electron chi connectivity index (χ1n) is 3.67. The largest absolute Gasteiger partial charge is 0.497 e. The molecule has 0 amide bonds. The minimum atomic E-state index is -0.830. The Morgan fingerprint density at radius 3 is 2.77 bits per heavy atom. The van der Waals surface area contributed by atoms with Crippen LogP contribution in [0.1, 0.15) is 10.4 Å². The van der Waals surface area contributed by atoms with Crippen LogP contribution in [0.15, 0.2) is 18.2 Å². The third-order valence-corrected chi connectivity index (χ3v) is 1.82. The SMILES string of the molecule is COc1ccc2c(c1)OC(=O)C2=O. The van der Waals surface area contributed by atoms with E-state index in [4.69, 9.17) is 9.47 Å². The van der Waals surface area contributed by atoms with Gasteiger partial charge in [0.25, 0.3) is 5.78 Å². The second-order valence-electron chi connectivity index (χ2n) is 2.58. The second kappa shape index (κ2) is 2.58. The first-order chi connectivity index (χ1) is 6.22. The summed E-state index contributed by atoms with van der Waals surface area (Å²) >= 11 is 0. The number of benzene rings is 1. The predicted molar refractivity (Wildman–Crippen MR) is 43.0 cm³/mol. The average Bonchev–Trinajstić information content (AvgIpc) is 2.42. The summed E-state index contributed by atoms with van der Waals surface area (Å²) in [5.41, 5.74) is 0.297. The molecule has 13 heavy (non-hydrogen) atoms. The van der Waals surface area contributed by atoms with E-state index in [0.717, 1.165) is 0 Å². The molecule has 0 saturated heterocycles. The Kier molecular flexibility index (Phi) is 1.55. The minimum absolute atomic E-state index is 0.273. The summed E-state index contributed by atoms with van der Waals surface area (Å²) in [5, 5.41) is 0. The molecule has 0 N–H and O–H groups in total. The molecule has 1 aromatic carbocycles. The zero-order valence-corrected chi connectivity index (χ0v) is 6.87. The molecule has 0 fully saturated rings. The van der Waals surface area contributed by atoms with Crippen LogP contribution in [0.2, 0.25) is 0 Å². The molecule has 4 heteroatoms. The van der Waals surface area contributed by atoms with Crippen LogP contribution < -0.4 is 9.47 Å². The molecule has 0 bridgehead atoms. The van der Waals surface area contributed by atoms with Crippen molar-refractivity contribution in [1.82, 2.24) is 0 Å². The maximum Gasteiger partial charge on any atom is 0.385 e. The van der Waals surface area contributed by atoms with Crippen molar-refractivity contribution in [2.24, 2.45) is 0 Å². The summed E-state index contributed by atoms with van der Waals surface area (Å²) in [5.74, 6) is -0.600. The summed E-state index contributed by atoms with van der Waals surface area (Å²) < 4.78 is 9.60. The van der Waals surface area contributed by atoms with Gasteiger partial charge < -0.3 is 9.47 Å². The van der Waals surface area contributed by atoms with Crippen molar-refractivity contribution in [3.05, 3.63) is 23.8 Å². The van der Waals surface area contributed by atoms with E-state index in [1.165, 1.54) is 19.2 Å². The van der Waals surface area contributed by atoms with Gasteiger partial charge in [-0.3, -0.25) is 4.79 Å². The van der Waals surface area contributed by atoms with Gasteiger partial charge in [0.05, 0.1) is 12.7 Å². The van der Waals surface area contributed by atoms with E-state index in [9.17, 15) is 9.59 Å². The smallest absolute Gasteiger partial charge is 0.385 e. The summed E-state index contributed by atoms with van der Waals surface area (Å²) in [6.07, 6.45) is 0. The van der Waals surface area contributed by atoms with Gasteiger partial charge in [-0.2, -0.15) is 0 Å². The van der Waals surface area contributed by atoms with Crippen molar-refractivity contribution in [1.29, 1.82) is 0 Å². The van der Waals surface area contributed by atoms with E-state index in [1.54, 1.807) is 6.07 Å². The first kappa shape index (κ1) is 7.79. The molecule has 1 heterocycles. The lowest BCUT2D eigenvalue weighted by molar-refractivity contribution is -0.128. The highest BCUT2D eigenvalue weighted by molar-refractivity contribution is 6.44. The molecule has 1 aliphatic rings. The van der Waals surface area contributed by atoms with Gasteiger partial charge in [-0.25, -0.2) is 4.79 Å². The lowest BCUT2D eigenvalue weighted by Gasteiger charge is -1.99. The molecule has 0 aromatic heterocycles. The van der Waals surface area contributed by atoms with Crippen LogP contribution in [0.25, 0.3) is 0 Å². The van der Waals surface area contributed by atoms with Gasteiger partial charge in [-0.1, -0.05) is 0 Å². The summed E-state index contributed by atoms with van der Waals surface area (Å²) in [6.45, 7) is 0. The molecule has 0 spiro atoms. The van der Waals surface area contributed by atoms with Gasteiger partial charge in [0.1, 0.15) is 11.5 Å². The molecule has 0 saturated carbocycles. The monoisotopic (exact) mass is 178 g/mol. The molecular formula is C9H6O4. The molecule has 1 aliphatic heterocycles. The van der Waals surface area contributed by atoms with Crippen LogP contribution in [0.4, 0.5) is 0 Å². The molecule has 4 nitrogen and oxygen atoms in total. The quantitative estimate of drug-likeness (QED) is 0.362. The number of carbonyl (C=O) groups is 2. The normalized spacial score (nSPS) is 13.9. The number of methoxy groups -OCH3 is 1. The Balaban J connectivity index is 2.52. The molecule has 1 aromatic rings. The fraction of sp³-hybridized carbons (Fsp3) is 0.111. The summed E-state index contributed by atoms with van der Waals surface area (Å²) in [4.78, 5) is 21.9. The van der Waals surface area contributed by atoms with E-state index >= 15 is 0 Å². The molecule has 2 rings (SSSR count). The maximum atomic E-state index is 11.1. The molecule has 0 atom stereocenters. The van der Waals surface area contributed by atoms with Crippen LogP contribution >= 0.6 is 0 Å². The van der Waals surface area contributed by atoms with E-state index in [-0.39, 0.29) is 5.75 Å². The van der Waals surface area contributed by atoms with Crippen LogP contribution in [0.5, 0.6) is 11.5 Å². The first-order valence-corrected chi connectivity index (χ1v) is 3.67. The molecule has 0 radical (unpaired) electrons. The number of hydrogen-bond acceptors (Lipinski definition) is 4. The summed E-state index contributed by atoms with van der Waals surface area (Å²) in [6, 6.07) is 4.64. The number of esters is 1. The fourth-order valence-corrected chi connectivity index (χ4v) is 1.16. The number of Topliss-reactive ketones (excluding diaryl/α,β-unsaturated/α-hetero) is 1. The zero-order valence-electron chi connectivity index (χ0n) is 6.87. The van der Waals surface area contributed by atoms with Crippen molar-refractivity contribution in [3.8, 4) is 11.5 Å². The van der Waals surface area contributed by atoms with E-state index in [2.05, 4.69) is 0 Å². The Morgan fingerprint density at radius 1 is 1.31 bits per heavy atom. The van der Waals surface area contributed by atoms with Crippen molar-refractivity contribution in [2.75, 3.05) is 7.11 Å². The maximum absolute atomic E-state index is 11.1. The number of fused-ring (bicyclic) bond motifs is 1. The summed E-state index contributed by atoms with van der Waals surface area (Å²) in [7, 11) is 1.50. The number of ether oxygens (including phenoxy) is 2. The van der Waals surface area contributed by atoms with Crippen molar-refractivity contribution in [2.45, 2.75) is 0 Å². The molecular weight excluding hydrogens is 172 g/mol. The van der Waals surface area contributed by atoms with Crippen molar-refractivity contribution >= 4 is 11.8 Å². The zero-order chi connectivity index (χ0) is 9.42. The van der Waals surface area contributed by atoms with Gasteiger partial charge >= 0.3 is 5.97 Å². The third-order valence-electron chi connectivity index (χ3n) is 1.82. The Hall–Kier alpha value is -1.84. The number of ketones is 1. The van der Waals surface area contributed by atoms with Gasteiger partial charge in [0, 0.05) is 6.07 Å². The topological polar surface area (TPSA) is 52.6 Å². The third kappa shape index (κ3) is 1.07. The highest BCUT2D eigenvalue weighted by Gasteiger charge is 2.30. The van der Waals surface area contributed by atoms with E-state index in [1.807, 2.05) is 0 Å². The van der Waals surface area contributed by atoms with Crippen molar-refractivity contribution in [3.63, 3.8) is 0 Å². The molecule has 66 valence electrons. The van der Waals surface area contributed by atoms with Gasteiger partial charge in [0.15, 0.2) is 0 Å².